The number of hydrogen-bond donors (Lipinski definition) is 3. The van der Waals surface area contributed by atoms with E-state index in [0.717, 1.165) is 0 Å². The molecule has 0 aromatic heterocycles. The van der Waals surface area contributed by atoms with E-state index in [-0.39, 0.29) is 17.9 Å². The smallest absolute Gasteiger partial charge is 0.412 e. The Morgan fingerprint density at radius 2 is 1.96 bits per heavy atom. The fourth-order valence-corrected chi connectivity index (χ4v) is 2.83. The zero-order valence-corrected chi connectivity index (χ0v) is 14.0. The molecule has 1 saturated carbocycles. The van der Waals surface area contributed by atoms with Gasteiger partial charge in [0.1, 0.15) is 5.60 Å². The molecular formula is C16H20ClNO5. The van der Waals surface area contributed by atoms with Crippen LogP contribution < -0.4 is 5.32 Å². The maximum absolute atomic E-state index is 11.8. The van der Waals surface area contributed by atoms with Crippen molar-refractivity contribution in [2.45, 2.75) is 50.7 Å². The van der Waals surface area contributed by atoms with Crippen LogP contribution in [-0.2, 0) is 14.9 Å². The lowest BCUT2D eigenvalue weighted by molar-refractivity contribution is -0.152. The van der Waals surface area contributed by atoms with E-state index in [1.165, 1.54) is 12.1 Å². The third-order valence-electron chi connectivity index (χ3n) is 3.73. The van der Waals surface area contributed by atoms with E-state index in [4.69, 9.17) is 16.3 Å². The summed E-state index contributed by atoms with van der Waals surface area (Å²) in [6, 6.07) is 4.64. The molecule has 0 spiro atoms. The summed E-state index contributed by atoms with van der Waals surface area (Å²) in [5.74, 6) is -0.994. The normalized spacial score (nSPS) is 23.8. The van der Waals surface area contributed by atoms with Crippen molar-refractivity contribution < 1.29 is 24.5 Å². The predicted octanol–water partition coefficient (Wildman–Crippen LogP) is 3.16. The Morgan fingerprint density at radius 1 is 1.35 bits per heavy atom. The van der Waals surface area contributed by atoms with E-state index in [2.05, 4.69) is 5.32 Å². The van der Waals surface area contributed by atoms with Gasteiger partial charge in [0.05, 0.1) is 22.2 Å². The van der Waals surface area contributed by atoms with Crippen molar-refractivity contribution in [2.75, 3.05) is 5.32 Å². The van der Waals surface area contributed by atoms with E-state index in [9.17, 15) is 19.8 Å². The van der Waals surface area contributed by atoms with Gasteiger partial charge in [-0.05, 0) is 51.3 Å². The lowest BCUT2D eigenvalue weighted by Gasteiger charge is -2.42. The molecule has 1 aromatic rings. The van der Waals surface area contributed by atoms with Crippen LogP contribution in [-0.4, -0.2) is 34.0 Å². The van der Waals surface area contributed by atoms with Crippen molar-refractivity contribution in [2.24, 2.45) is 0 Å². The van der Waals surface area contributed by atoms with Crippen LogP contribution in [0.15, 0.2) is 18.2 Å². The molecule has 126 valence electrons. The second-order valence-corrected chi connectivity index (χ2v) is 7.18. The Labute approximate surface area is 139 Å². The number of carboxylic acid groups (broad SMARTS) is 1. The van der Waals surface area contributed by atoms with Gasteiger partial charge in [0.15, 0.2) is 0 Å². The number of ether oxygens (including phenoxy) is 1. The van der Waals surface area contributed by atoms with Crippen molar-refractivity contribution in [1.82, 2.24) is 0 Å². The van der Waals surface area contributed by atoms with Crippen LogP contribution in [0.4, 0.5) is 10.5 Å². The molecule has 7 heteroatoms. The fraction of sp³-hybridized carbons (Fsp3) is 0.500. The van der Waals surface area contributed by atoms with Gasteiger partial charge in [-0.15, -0.1) is 0 Å². The van der Waals surface area contributed by atoms with Crippen LogP contribution in [0.2, 0.25) is 5.02 Å². The topological polar surface area (TPSA) is 95.9 Å². The van der Waals surface area contributed by atoms with Crippen LogP contribution in [0.25, 0.3) is 0 Å². The van der Waals surface area contributed by atoms with Gasteiger partial charge in [-0.1, -0.05) is 17.7 Å². The monoisotopic (exact) mass is 341 g/mol. The van der Waals surface area contributed by atoms with Crippen molar-refractivity contribution in [1.29, 1.82) is 0 Å². The van der Waals surface area contributed by atoms with E-state index < -0.39 is 29.2 Å². The number of anilines is 1. The summed E-state index contributed by atoms with van der Waals surface area (Å²) in [6.07, 6.45) is -0.960. The molecule has 0 saturated heterocycles. The highest BCUT2D eigenvalue weighted by Crippen LogP contribution is 2.45. The zero-order valence-electron chi connectivity index (χ0n) is 13.2. The van der Waals surface area contributed by atoms with Gasteiger partial charge >= 0.3 is 12.1 Å². The number of carbonyl (C=O) groups excluding carboxylic acids is 1. The minimum absolute atomic E-state index is 0.150. The molecule has 3 N–H and O–H groups in total. The molecule has 0 unspecified atom stereocenters. The van der Waals surface area contributed by atoms with Crippen LogP contribution in [0.5, 0.6) is 0 Å². The maximum Gasteiger partial charge on any atom is 0.412 e. The first-order valence-corrected chi connectivity index (χ1v) is 7.63. The van der Waals surface area contributed by atoms with Crippen LogP contribution in [0.1, 0.15) is 39.2 Å². The predicted molar refractivity (Wildman–Crippen MR) is 85.9 cm³/mol. The highest BCUT2D eigenvalue weighted by molar-refractivity contribution is 6.33. The third-order valence-corrected chi connectivity index (χ3v) is 4.05. The number of carboxylic acids is 1. The molecule has 0 heterocycles. The average Bonchev–Trinajstić information content (AvgIpc) is 2.34. The fourth-order valence-electron chi connectivity index (χ4n) is 2.61. The van der Waals surface area contributed by atoms with Gasteiger partial charge in [0.2, 0.25) is 0 Å². The van der Waals surface area contributed by atoms with Gasteiger partial charge in [-0.3, -0.25) is 10.1 Å². The molecule has 1 amide bonds. The molecule has 1 aliphatic carbocycles. The molecule has 1 aromatic carbocycles. The summed E-state index contributed by atoms with van der Waals surface area (Å²) in [4.78, 5) is 23.3. The van der Waals surface area contributed by atoms with Gasteiger partial charge in [0, 0.05) is 0 Å². The van der Waals surface area contributed by atoms with Crippen molar-refractivity contribution in [3.05, 3.63) is 28.8 Å². The number of aliphatic hydroxyl groups is 1. The number of amides is 1. The standard InChI is InChI=1S/C16H20ClNO5/c1-15(2,3)23-14(22)18-12-5-4-9(6-11(12)17)16(13(20)21)7-10(19)8-16/h4-6,10,19H,7-8H2,1-3H3,(H,18,22)(H,20,21). The number of rotatable bonds is 3. The van der Waals surface area contributed by atoms with E-state index in [0.29, 0.717) is 11.3 Å². The van der Waals surface area contributed by atoms with Gasteiger partial charge in [-0.2, -0.15) is 0 Å². The summed E-state index contributed by atoms with van der Waals surface area (Å²) < 4.78 is 5.14. The van der Waals surface area contributed by atoms with Crippen LogP contribution in [0.3, 0.4) is 0 Å². The molecule has 23 heavy (non-hydrogen) atoms. The lowest BCUT2D eigenvalue weighted by atomic mass is 9.63. The first kappa shape index (κ1) is 17.6. The average molecular weight is 342 g/mol. The Balaban J connectivity index is 2.18. The molecule has 1 fully saturated rings. The number of aliphatic carboxylic acids is 1. The number of aliphatic hydroxyl groups excluding tert-OH is 1. The second kappa shape index (κ2) is 6.02. The van der Waals surface area contributed by atoms with E-state index in [1.54, 1.807) is 26.8 Å². The van der Waals surface area contributed by atoms with Gasteiger partial charge in [-0.25, -0.2) is 4.79 Å². The highest BCUT2D eigenvalue weighted by Gasteiger charge is 2.51. The number of nitrogens with one attached hydrogen (secondary N) is 1. The molecular weight excluding hydrogens is 322 g/mol. The molecule has 6 nitrogen and oxygen atoms in total. The number of hydrogen-bond acceptors (Lipinski definition) is 4. The quantitative estimate of drug-likeness (QED) is 0.784. The zero-order chi connectivity index (χ0) is 17.4. The third kappa shape index (κ3) is 3.76. The van der Waals surface area contributed by atoms with Crippen LogP contribution >= 0.6 is 11.6 Å². The Hall–Kier alpha value is -1.79. The largest absolute Gasteiger partial charge is 0.481 e. The van der Waals surface area contributed by atoms with Gasteiger partial charge < -0.3 is 14.9 Å². The summed E-state index contributed by atoms with van der Waals surface area (Å²) in [5, 5.41) is 21.7. The molecule has 2 rings (SSSR count). The number of halogens is 1. The van der Waals surface area contributed by atoms with Crippen molar-refractivity contribution in [3.8, 4) is 0 Å². The number of carbonyl (C=O) groups is 2. The van der Waals surface area contributed by atoms with Crippen molar-refractivity contribution in [3.63, 3.8) is 0 Å². The second-order valence-electron chi connectivity index (χ2n) is 6.77. The molecule has 0 radical (unpaired) electrons. The molecule has 1 aliphatic rings. The van der Waals surface area contributed by atoms with Crippen LogP contribution in [0, 0.1) is 0 Å². The summed E-state index contributed by atoms with van der Waals surface area (Å²) in [5.41, 5.74) is -0.903. The first-order chi connectivity index (χ1) is 10.5. The Bertz CT molecular complexity index is 632. The van der Waals surface area contributed by atoms with Gasteiger partial charge in [0.25, 0.3) is 0 Å². The number of benzene rings is 1. The molecule has 0 bridgehead atoms. The summed E-state index contributed by atoms with van der Waals surface area (Å²) in [7, 11) is 0. The lowest BCUT2D eigenvalue weighted by Crippen LogP contribution is -2.50. The van der Waals surface area contributed by atoms with E-state index in [1.807, 2.05) is 0 Å². The molecule has 0 atom stereocenters. The summed E-state index contributed by atoms with van der Waals surface area (Å²) >= 11 is 6.15. The first-order valence-electron chi connectivity index (χ1n) is 7.25. The minimum atomic E-state index is -1.12. The Morgan fingerprint density at radius 3 is 2.39 bits per heavy atom. The minimum Gasteiger partial charge on any atom is -0.481 e. The van der Waals surface area contributed by atoms with E-state index >= 15 is 0 Å². The SMILES string of the molecule is CC(C)(C)OC(=O)Nc1ccc(C2(C(=O)O)CC(O)C2)cc1Cl. The summed E-state index contributed by atoms with van der Waals surface area (Å²) in [6.45, 7) is 5.24. The maximum atomic E-state index is 11.8. The Kier molecular flexibility index (Phi) is 4.59. The van der Waals surface area contributed by atoms with Crippen molar-refractivity contribution >= 4 is 29.4 Å². The molecule has 0 aliphatic heterocycles. The highest BCUT2D eigenvalue weighted by atomic mass is 35.5.